The third-order valence-corrected chi connectivity index (χ3v) is 5.02. The van der Waals surface area contributed by atoms with Crippen LogP contribution in [0.15, 0.2) is 24.3 Å². The van der Waals surface area contributed by atoms with Crippen LogP contribution < -0.4 is 0 Å². The highest BCUT2D eigenvalue weighted by Crippen LogP contribution is 2.51. The fraction of sp³-hybridized carbons (Fsp3) is 0.600. The van der Waals surface area contributed by atoms with Gasteiger partial charge in [0.25, 0.3) is 0 Å². The molecule has 2 saturated carbocycles. The number of ether oxygens (including phenoxy) is 1. The molecule has 3 rings (SSSR count). The summed E-state index contributed by atoms with van der Waals surface area (Å²) in [5.41, 5.74) is 1.23. The first kappa shape index (κ1) is 12.6. The molecule has 1 heterocycles. The van der Waals surface area contributed by atoms with Crippen molar-refractivity contribution in [2.24, 2.45) is 23.7 Å². The van der Waals surface area contributed by atoms with E-state index in [9.17, 15) is 14.7 Å². The predicted octanol–water partition coefficient (Wildman–Crippen LogP) is 1.25. The van der Waals surface area contributed by atoms with Crippen molar-refractivity contribution in [3.05, 3.63) is 24.3 Å². The molecule has 1 saturated heterocycles. The normalized spacial score (nSPS) is 45.8. The summed E-state index contributed by atoms with van der Waals surface area (Å²) < 4.78 is 5.42. The Labute approximate surface area is 112 Å². The van der Waals surface area contributed by atoms with Gasteiger partial charge in [0.05, 0.1) is 12.0 Å². The third kappa shape index (κ3) is 1.62. The largest absolute Gasteiger partial charge is 0.458 e. The monoisotopic (exact) mass is 262 g/mol. The second kappa shape index (κ2) is 4.04. The molecule has 19 heavy (non-hydrogen) atoms. The van der Waals surface area contributed by atoms with Crippen LogP contribution in [0.2, 0.25) is 0 Å². The fourth-order valence-electron chi connectivity index (χ4n) is 3.95. The lowest BCUT2D eigenvalue weighted by Crippen LogP contribution is -2.35. The first-order valence-electron chi connectivity index (χ1n) is 6.70. The van der Waals surface area contributed by atoms with Crippen LogP contribution in [0.4, 0.5) is 0 Å². The second-order valence-corrected chi connectivity index (χ2v) is 5.99. The van der Waals surface area contributed by atoms with E-state index >= 15 is 0 Å². The van der Waals surface area contributed by atoms with Gasteiger partial charge in [-0.3, -0.25) is 4.79 Å². The summed E-state index contributed by atoms with van der Waals surface area (Å²) in [4.78, 5) is 23.7. The summed E-state index contributed by atoms with van der Waals surface area (Å²) in [5.74, 6) is -0.839. The van der Waals surface area contributed by atoms with Gasteiger partial charge < -0.3 is 9.84 Å². The molecule has 0 radical (unpaired) electrons. The van der Waals surface area contributed by atoms with Crippen LogP contribution in [-0.2, 0) is 14.3 Å². The highest BCUT2D eigenvalue weighted by atomic mass is 16.6. The van der Waals surface area contributed by atoms with Gasteiger partial charge in [-0.2, -0.15) is 0 Å². The summed E-state index contributed by atoms with van der Waals surface area (Å²) in [6.45, 7) is 9.65. The average Bonchev–Trinajstić information content (AvgIpc) is 2.75. The van der Waals surface area contributed by atoms with E-state index in [1.165, 1.54) is 0 Å². The highest BCUT2D eigenvalue weighted by Gasteiger charge is 2.56. The zero-order valence-corrected chi connectivity index (χ0v) is 11.0. The Kier molecular flexibility index (Phi) is 2.68. The first-order valence-corrected chi connectivity index (χ1v) is 6.70. The molecule has 2 aliphatic carbocycles. The molecular formula is C15H18O4. The second-order valence-electron chi connectivity index (χ2n) is 5.99. The lowest BCUT2D eigenvalue weighted by molar-refractivity contribution is -0.143. The molecule has 0 aromatic carbocycles. The summed E-state index contributed by atoms with van der Waals surface area (Å²) in [5, 5.41) is 10.3. The maximum Gasteiger partial charge on any atom is 0.334 e. The van der Waals surface area contributed by atoms with Gasteiger partial charge in [-0.1, -0.05) is 25.7 Å². The van der Waals surface area contributed by atoms with Crippen molar-refractivity contribution in [2.45, 2.75) is 32.0 Å². The summed E-state index contributed by atoms with van der Waals surface area (Å²) in [6.07, 6.45) is -0.257. The van der Waals surface area contributed by atoms with E-state index in [2.05, 4.69) is 13.2 Å². The molecule has 3 aliphatic rings. The SMILES string of the molecule is C=C1C(=O)O[C@@H]2[C@H]1[C@@H](O)CC(=C)[C@@H]1CC(=O)[C@@H](C)[C@H]21. The standard InChI is InChI=1S/C15H18O4/c1-6-4-11(17)13-8(3)15(18)19-14(13)12-7(2)10(16)5-9(6)12/h7,9,11-14,17H,1,3-5H2,2H3/t7-,9+,11+,12+,13-,14+/m1/s1. The van der Waals surface area contributed by atoms with E-state index in [0.717, 1.165) is 5.57 Å². The molecule has 102 valence electrons. The quantitative estimate of drug-likeness (QED) is 0.405. The van der Waals surface area contributed by atoms with Crippen LogP contribution in [-0.4, -0.2) is 29.1 Å². The van der Waals surface area contributed by atoms with Gasteiger partial charge in [0.1, 0.15) is 11.9 Å². The number of fused-ring (bicyclic) bond motifs is 3. The van der Waals surface area contributed by atoms with Gasteiger partial charge in [0, 0.05) is 23.8 Å². The van der Waals surface area contributed by atoms with E-state index in [-0.39, 0.29) is 23.5 Å². The molecule has 0 aromatic heterocycles. The van der Waals surface area contributed by atoms with Crippen LogP contribution in [0, 0.1) is 23.7 Å². The number of ketones is 1. The minimum atomic E-state index is -0.690. The van der Waals surface area contributed by atoms with Crippen molar-refractivity contribution in [3.63, 3.8) is 0 Å². The summed E-state index contributed by atoms with van der Waals surface area (Å²) in [6, 6.07) is 0. The van der Waals surface area contributed by atoms with Gasteiger partial charge in [-0.05, 0) is 12.3 Å². The zero-order chi connectivity index (χ0) is 13.9. The number of hydrogen-bond acceptors (Lipinski definition) is 4. The number of esters is 1. The van der Waals surface area contributed by atoms with Crippen LogP contribution >= 0.6 is 0 Å². The van der Waals surface area contributed by atoms with Gasteiger partial charge in [-0.25, -0.2) is 4.79 Å². The number of carbonyl (C=O) groups excluding carboxylic acids is 2. The fourth-order valence-corrected chi connectivity index (χ4v) is 3.95. The maximum absolute atomic E-state index is 12.0. The minimum absolute atomic E-state index is 0.0193. The van der Waals surface area contributed by atoms with E-state index in [0.29, 0.717) is 18.4 Å². The number of hydrogen-bond donors (Lipinski definition) is 1. The van der Waals surface area contributed by atoms with Gasteiger partial charge in [0.2, 0.25) is 0 Å². The molecule has 0 aromatic rings. The van der Waals surface area contributed by atoms with Crippen LogP contribution in [0.3, 0.4) is 0 Å². The molecule has 0 amide bonds. The van der Waals surface area contributed by atoms with Crippen molar-refractivity contribution >= 4 is 11.8 Å². The van der Waals surface area contributed by atoms with Crippen molar-refractivity contribution < 1.29 is 19.4 Å². The molecule has 4 heteroatoms. The first-order chi connectivity index (χ1) is 8.91. The zero-order valence-electron chi connectivity index (χ0n) is 11.0. The Balaban J connectivity index is 2.05. The Bertz CT molecular complexity index is 492. The number of aliphatic hydroxyl groups excluding tert-OH is 1. The van der Waals surface area contributed by atoms with Crippen molar-refractivity contribution in [3.8, 4) is 0 Å². The molecule has 1 aliphatic heterocycles. The van der Waals surface area contributed by atoms with Crippen molar-refractivity contribution in [2.75, 3.05) is 0 Å². The number of Topliss-reactive ketones (excluding diaryl/α,β-unsaturated/α-hetero) is 1. The topological polar surface area (TPSA) is 63.6 Å². The van der Waals surface area contributed by atoms with E-state index < -0.39 is 24.1 Å². The van der Waals surface area contributed by atoms with Crippen LogP contribution in [0.25, 0.3) is 0 Å². The molecular weight excluding hydrogens is 244 g/mol. The molecule has 6 atom stereocenters. The Morgan fingerprint density at radius 2 is 1.95 bits per heavy atom. The lowest BCUT2D eigenvalue weighted by Gasteiger charge is -2.28. The highest BCUT2D eigenvalue weighted by molar-refractivity contribution is 5.91. The molecule has 0 bridgehead atoms. The van der Waals surface area contributed by atoms with E-state index in [1.807, 2.05) is 6.92 Å². The molecule has 4 nitrogen and oxygen atoms in total. The Hall–Kier alpha value is -1.42. The van der Waals surface area contributed by atoms with Gasteiger partial charge in [0.15, 0.2) is 0 Å². The summed E-state index contributed by atoms with van der Waals surface area (Å²) >= 11 is 0. The molecule has 0 spiro atoms. The summed E-state index contributed by atoms with van der Waals surface area (Å²) in [7, 11) is 0. The van der Waals surface area contributed by atoms with Gasteiger partial charge in [-0.15, -0.1) is 0 Å². The van der Waals surface area contributed by atoms with Crippen LogP contribution in [0.5, 0.6) is 0 Å². The predicted molar refractivity (Wildman–Crippen MR) is 68.0 cm³/mol. The van der Waals surface area contributed by atoms with Crippen molar-refractivity contribution in [1.82, 2.24) is 0 Å². The van der Waals surface area contributed by atoms with Gasteiger partial charge >= 0.3 is 5.97 Å². The van der Waals surface area contributed by atoms with Crippen LogP contribution in [0.1, 0.15) is 19.8 Å². The van der Waals surface area contributed by atoms with E-state index in [1.54, 1.807) is 0 Å². The molecule has 1 N–H and O–H groups in total. The smallest absolute Gasteiger partial charge is 0.334 e. The lowest BCUT2D eigenvalue weighted by atomic mass is 9.79. The Morgan fingerprint density at radius 3 is 2.63 bits per heavy atom. The third-order valence-electron chi connectivity index (χ3n) is 5.02. The Morgan fingerprint density at radius 1 is 1.26 bits per heavy atom. The number of rotatable bonds is 0. The molecule has 3 fully saturated rings. The van der Waals surface area contributed by atoms with Crippen molar-refractivity contribution in [1.29, 1.82) is 0 Å². The maximum atomic E-state index is 12.0. The minimum Gasteiger partial charge on any atom is -0.458 e. The van der Waals surface area contributed by atoms with E-state index in [4.69, 9.17) is 4.74 Å². The number of aliphatic hydroxyl groups is 1. The average molecular weight is 262 g/mol. The number of carbonyl (C=O) groups is 2. The molecule has 0 unspecified atom stereocenters.